The van der Waals surface area contributed by atoms with Gasteiger partial charge < -0.3 is 0 Å². The number of hydrogen-bond acceptors (Lipinski definition) is 0. The van der Waals surface area contributed by atoms with Crippen LogP contribution >= 0.6 is 0 Å². The molecule has 4 rings (SSSR count). The molecule has 0 radical (unpaired) electrons. The predicted octanol–water partition coefficient (Wildman–Crippen LogP) is 8.11. The minimum atomic E-state index is -2.64. The van der Waals surface area contributed by atoms with E-state index in [-0.39, 0.29) is 3.34 Å². The first-order valence-corrected chi connectivity index (χ1v) is 19.6. The molecule has 1 aliphatic rings. The van der Waals surface area contributed by atoms with Gasteiger partial charge in [0.15, 0.2) is 0 Å². The Morgan fingerprint density at radius 2 is 0.676 bits per heavy atom. The van der Waals surface area contributed by atoms with Crippen LogP contribution in [0.15, 0.2) is 76.9 Å². The average molecular weight is 542 g/mol. The van der Waals surface area contributed by atoms with E-state index in [0.717, 1.165) is 0 Å². The van der Waals surface area contributed by atoms with Gasteiger partial charge in [0.05, 0.1) is 0 Å². The van der Waals surface area contributed by atoms with Gasteiger partial charge in [0.25, 0.3) is 0 Å². The zero-order valence-electron chi connectivity index (χ0n) is 25.2. The van der Waals surface area contributed by atoms with Crippen LogP contribution in [-0.2, 0) is 17.9 Å². The molecule has 0 saturated carbocycles. The van der Waals surface area contributed by atoms with Crippen molar-refractivity contribution in [1.82, 2.24) is 0 Å². The third-order valence-corrected chi connectivity index (χ3v) is 21.8. The molecule has 0 spiro atoms. The number of allylic oxidation sites excluding steroid dienone is 4. The Bertz CT molecular complexity index is 1240. The van der Waals surface area contributed by atoms with Crippen molar-refractivity contribution in [2.75, 3.05) is 0 Å². The van der Waals surface area contributed by atoms with Crippen molar-refractivity contribution in [3.8, 4) is 0 Å². The molecule has 0 atom stereocenters. The van der Waals surface area contributed by atoms with Gasteiger partial charge in [-0.25, -0.2) is 0 Å². The molecule has 0 aliphatic heterocycles. The van der Waals surface area contributed by atoms with Crippen LogP contribution in [0.3, 0.4) is 0 Å². The number of hydrogen-bond donors (Lipinski definition) is 0. The second-order valence-corrected chi connectivity index (χ2v) is 21.2. The number of benzene rings is 3. The summed E-state index contributed by atoms with van der Waals surface area (Å²) in [5.74, 6) is 0. The van der Waals surface area contributed by atoms with Gasteiger partial charge >= 0.3 is 235 Å². The molecule has 0 heterocycles. The fraction of sp³-hybridized carbons (Fsp3) is 0.371. The quantitative estimate of drug-likeness (QED) is 0.226. The monoisotopic (exact) mass is 541 g/mol. The van der Waals surface area contributed by atoms with Gasteiger partial charge in [-0.15, -0.1) is 0 Å². The first-order chi connectivity index (χ1) is 17.3. The van der Waals surface area contributed by atoms with E-state index in [1.807, 2.05) is 0 Å². The molecule has 2 heteroatoms. The molecule has 3 aromatic rings. The number of aryl methyl sites for hydroxylation is 6. The van der Waals surface area contributed by atoms with E-state index in [4.69, 9.17) is 0 Å². The Morgan fingerprint density at radius 3 is 0.892 bits per heavy atom. The summed E-state index contributed by atoms with van der Waals surface area (Å²) in [6.45, 7) is 23.5. The van der Waals surface area contributed by atoms with Gasteiger partial charge in [-0.05, 0) is 0 Å². The summed E-state index contributed by atoms with van der Waals surface area (Å²) < 4.78 is 0.0991. The van der Waals surface area contributed by atoms with Crippen LogP contribution in [0.5, 0.6) is 0 Å². The Morgan fingerprint density at radius 1 is 0.432 bits per heavy atom. The van der Waals surface area contributed by atoms with E-state index in [1.165, 1.54) is 44.5 Å². The average Bonchev–Trinajstić information content (AvgIpc) is 2.94. The SMILES string of the molecule is CC1=C(C)[C]([Ti]([CH3])[CH3])([Si](c2cc(C)cc(C)c2)(c2cc(C)cc(C)c2)c2cc(C)cc(C)c2)C(C)=C1C. The van der Waals surface area contributed by atoms with Crippen molar-refractivity contribution < 1.29 is 17.9 Å². The normalized spacial score (nSPS) is 15.6. The second kappa shape index (κ2) is 9.99. The molecule has 37 heavy (non-hydrogen) atoms. The summed E-state index contributed by atoms with van der Waals surface area (Å²) in [6.07, 6.45) is 0. The minimum absolute atomic E-state index is 0.0991. The molecule has 0 bridgehead atoms. The summed E-state index contributed by atoms with van der Waals surface area (Å²) in [5, 5.41) is 10.0. The van der Waals surface area contributed by atoms with Crippen LogP contribution in [0.4, 0.5) is 0 Å². The van der Waals surface area contributed by atoms with Gasteiger partial charge in [0.1, 0.15) is 0 Å². The van der Waals surface area contributed by atoms with Crippen LogP contribution in [-0.4, -0.2) is 8.07 Å². The fourth-order valence-electron chi connectivity index (χ4n) is 7.82. The molecule has 0 saturated heterocycles. The third kappa shape index (κ3) is 4.23. The van der Waals surface area contributed by atoms with E-state index in [2.05, 4.69) is 134 Å². The maximum atomic E-state index is 2.65. The van der Waals surface area contributed by atoms with Gasteiger partial charge in [0, 0.05) is 0 Å². The van der Waals surface area contributed by atoms with Crippen LogP contribution < -0.4 is 15.6 Å². The van der Waals surface area contributed by atoms with Crippen molar-refractivity contribution in [3.05, 3.63) is 110 Å². The molecule has 3 aromatic carbocycles. The molecule has 1 aliphatic carbocycles. The van der Waals surface area contributed by atoms with Gasteiger partial charge in [0.2, 0.25) is 0 Å². The Hall–Kier alpha value is -1.93. The third-order valence-electron chi connectivity index (χ3n) is 9.09. The van der Waals surface area contributed by atoms with Gasteiger partial charge in [-0.3, -0.25) is 0 Å². The van der Waals surface area contributed by atoms with E-state index < -0.39 is 25.9 Å². The summed E-state index contributed by atoms with van der Waals surface area (Å²) in [4.78, 5) is 0. The van der Waals surface area contributed by atoms with Crippen molar-refractivity contribution in [2.45, 2.75) is 83.0 Å². The van der Waals surface area contributed by atoms with Crippen LogP contribution in [0, 0.1) is 41.5 Å². The van der Waals surface area contributed by atoms with Crippen molar-refractivity contribution in [1.29, 1.82) is 0 Å². The van der Waals surface area contributed by atoms with Crippen LogP contribution in [0.25, 0.3) is 0 Å². The molecular weight excluding hydrogens is 496 g/mol. The first kappa shape index (κ1) is 28.1. The van der Waals surface area contributed by atoms with E-state index >= 15 is 0 Å². The first-order valence-electron chi connectivity index (χ1n) is 13.7. The number of rotatable bonds is 5. The summed E-state index contributed by atoms with van der Waals surface area (Å²) in [5.41, 5.74) is 14.6. The fourth-order valence-corrected chi connectivity index (χ4v) is 23.5. The summed E-state index contributed by atoms with van der Waals surface area (Å²) in [6, 6.07) is 22.4. The Labute approximate surface area is 233 Å². The van der Waals surface area contributed by atoms with E-state index in [1.54, 1.807) is 26.7 Å². The van der Waals surface area contributed by atoms with E-state index in [9.17, 15) is 0 Å². The summed E-state index contributed by atoms with van der Waals surface area (Å²) in [7, 11) is -2.64. The van der Waals surface area contributed by atoms with E-state index in [0.29, 0.717) is 0 Å². The maximum absolute atomic E-state index is 2.65. The second-order valence-electron chi connectivity index (χ2n) is 12.1. The Balaban J connectivity index is 2.41. The van der Waals surface area contributed by atoms with Gasteiger partial charge in [-0.2, -0.15) is 0 Å². The van der Waals surface area contributed by atoms with Crippen LogP contribution in [0.2, 0.25) is 13.8 Å². The van der Waals surface area contributed by atoms with Crippen LogP contribution in [0.1, 0.15) is 61.1 Å². The molecule has 193 valence electrons. The molecular formula is C35H45SiTi. The molecule has 0 aromatic heterocycles. The zero-order valence-corrected chi connectivity index (χ0v) is 27.8. The van der Waals surface area contributed by atoms with Crippen molar-refractivity contribution >= 4 is 23.6 Å². The predicted molar refractivity (Wildman–Crippen MR) is 164 cm³/mol. The molecule has 0 nitrogen and oxygen atoms in total. The molecule has 0 unspecified atom stereocenters. The topological polar surface area (TPSA) is 0 Å². The summed E-state index contributed by atoms with van der Waals surface area (Å²) >= 11 is -1.69. The van der Waals surface area contributed by atoms with Crippen molar-refractivity contribution in [2.24, 2.45) is 0 Å². The molecule has 0 amide bonds. The standard InChI is InChI=1S/C33H39Si.2CH3.Ti/c1-20-11-21(2)15-30(14-20)34(31-16-22(3)12-23(4)17-31,32-18-24(5)13-25(6)19-32)33-28(9)26(7)27(8)29(33)10;;;/h11-19H,1-10H3;2*1H3;. The van der Waals surface area contributed by atoms with Crippen molar-refractivity contribution in [3.63, 3.8) is 0 Å². The molecule has 0 fully saturated rings. The zero-order chi connectivity index (χ0) is 27.4. The molecule has 0 N–H and O–H groups in total. The van der Waals surface area contributed by atoms with Gasteiger partial charge in [-0.1, -0.05) is 0 Å². The Kier molecular flexibility index (Phi) is 7.58.